The van der Waals surface area contributed by atoms with Crippen molar-refractivity contribution in [1.82, 2.24) is 9.88 Å². The first-order valence-electron chi connectivity index (χ1n) is 9.62. The Kier molecular flexibility index (Phi) is 5.33. The van der Waals surface area contributed by atoms with Gasteiger partial charge in [0.05, 0.1) is 16.8 Å². The van der Waals surface area contributed by atoms with Crippen molar-refractivity contribution in [2.75, 3.05) is 19.7 Å². The molecular formula is C23H22N2O3. The van der Waals surface area contributed by atoms with Gasteiger partial charge in [0.15, 0.2) is 6.61 Å². The van der Waals surface area contributed by atoms with Gasteiger partial charge in [0.1, 0.15) is 0 Å². The molecular weight excluding hydrogens is 352 g/mol. The third kappa shape index (κ3) is 3.88. The Labute approximate surface area is 163 Å². The smallest absolute Gasteiger partial charge is 0.339 e. The molecule has 1 aliphatic heterocycles. The highest BCUT2D eigenvalue weighted by molar-refractivity contribution is 6.05. The van der Waals surface area contributed by atoms with Crippen LogP contribution in [0, 0.1) is 0 Å². The van der Waals surface area contributed by atoms with Crippen LogP contribution in [-0.4, -0.2) is 41.5 Å². The molecule has 28 heavy (non-hydrogen) atoms. The topological polar surface area (TPSA) is 59.5 Å². The van der Waals surface area contributed by atoms with Gasteiger partial charge in [0.25, 0.3) is 5.91 Å². The molecule has 0 N–H and O–H groups in total. The molecule has 5 heteroatoms. The molecule has 0 atom stereocenters. The molecule has 0 saturated carbocycles. The summed E-state index contributed by atoms with van der Waals surface area (Å²) in [5.74, 6) is -0.629. The van der Waals surface area contributed by atoms with Crippen LogP contribution in [0.25, 0.3) is 22.2 Å². The number of carbonyl (C=O) groups is 2. The SMILES string of the molecule is O=C(OCC(=O)N1CCCCC1)c1cc(-c2ccccc2)nc2ccccc12. The predicted molar refractivity (Wildman–Crippen MR) is 108 cm³/mol. The van der Waals surface area contributed by atoms with Crippen molar-refractivity contribution in [2.24, 2.45) is 0 Å². The van der Waals surface area contributed by atoms with Gasteiger partial charge >= 0.3 is 5.97 Å². The molecule has 1 fully saturated rings. The summed E-state index contributed by atoms with van der Waals surface area (Å²) in [5, 5.41) is 0.720. The average molecular weight is 374 g/mol. The van der Waals surface area contributed by atoms with Crippen LogP contribution in [0.15, 0.2) is 60.7 Å². The number of pyridine rings is 1. The molecule has 2 heterocycles. The second-order valence-electron chi connectivity index (χ2n) is 6.96. The summed E-state index contributed by atoms with van der Waals surface area (Å²) in [7, 11) is 0. The number of esters is 1. The molecule has 2 aromatic carbocycles. The number of rotatable bonds is 4. The lowest BCUT2D eigenvalue weighted by atomic mass is 10.0. The van der Waals surface area contributed by atoms with E-state index in [2.05, 4.69) is 4.98 Å². The molecule has 1 aromatic heterocycles. The van der Waals surface area contributed by atoms with Gasteiger partial charge in [0.2, 0.25) is 0 Å². The summed E-state index contributed by atoms with van der Waals surface area (Å²) in [6, 6.07) is 18.9. The highest BCUT2D eigenvalue weighted by Gasteiger charge is 2.20. The monoisotopic (exact) mass is 374 g/mol. The van der Waals surface area contributed by atoms with Crippen LogP contribution in [0.1, 0.15) is 29.6 Å². The van der Waals surface area contributed by atoms with Crippen molar-refractivity contribution in [3.8, 4) is 11.3 Å². The maximum Gasteiger partial charge on any atom is 0.339 e. The van der Waals surface area contributed by atoms with E-state index in [4.69, 9.17) is 4.74 Å². The second-order valence-corrected chi connectivity index (χ2v) is 6.96. The zero-order valence-corrected chi connectivity index (χ0v) is 15.6. The lowest BCUT2D eigenvalue weighted by molar-refractivity contribution is -0.135. The number of hydrogen-bond acceptors (Lipinski definition) is 4. The van der Waals surface area contributed by atoms with Crippen molar-refractivity contribution in [2.45, 2.75) is 19.3 Å². The number of para-hydroxylation sites is 1. The van der Waals surface area contributed by atoms with Crippen LogP contribution in [0.4, 0.5) is 0 Å². The zero-order valence-electron chi connectivity index (χ0n) is 15.6. The van der Waals surface area contributed by atoms with E-state index >= 15 is 0 Å². The van der Waals surface area contributed by atoms with Gasteiger partial charge in [-0.25, -0.2) is 9.78 Å². The number of likely N-dealkylation sites (tertiary alicyclic amines) is 1. The average Bonchev–Trinajstić information content (AvgIpc) is 2.77. The summed E-state index contributed by atoms with van der Waals surface area (Å²) >= 11 is 0. The number of nitrogens with zero attached hydrogens (tertiary/aromatic N) is 2. The second kappa shape index (κ2) is 8.21. The summed E-state index contributed by atoms with van der Waals surface area (Å²) in [5.41, 5.74) is 2.77. The normalized spacial score (nSPS) is 14.1. The number of hydrogen-bond donors (Lipinski definition) is 0. The Hall–Kier alpha value is -3.21. The maximum atomic E-state index is 12.8. The molecule has 0 aliphatic carbocycles. The van der Waals surface area contributed by atoms with Gasteiger partial charge in [-0.2, -0.15) is 0 Å². The first-order chi connectivity index (χ1) is 13.7. The van der Waals surface area contributed by atoms with Gasteiger partial charge in [-0.15, -0.1) is 0 Å². The fourth-order valence-corrected chi connectivity index (χ4v) is 3.54. The lowest BCUT2D eigenvalue weighted by Crippen LogP contribution is -2.38. The first-order valence-corrected chi connectivity index (χ1v) is 9.62. The largest absolute Gasteiger partial charge is 0.452 e. The molecule has 0 radical (unpaired) electrons. The Bertz CT molecular complexity index is 995. The third-order valence-electron chi connectivity index (χ3n) is 5.04. The van der Waals surface area contributed by atoms with Crippen LogP contribution >= 0.6 is 0 Å². The van der Waals surface area contributed by atoms with Crippen LogP contribution < -0.4 is 0 Å². The van der Waals surface area contributed by atoms with Gasteiger partial charge in [-0.05, 0) is 31.4 Å². The molecule has 0 spiro atoms. The fraction of sp³-hybridized carbons (Fsp3) is 0.261. The van der Waals surface area contributed by atoms with E-state index in [0.717, 1.165) is 48.8 Å². The van der Waals surface area contributed by atoms with E-state index in [1.165, 1.54) is 0 Å². The minimum atomic E-state index is -0.499. The fourth-order valence-electron chi connectivity index (χ4n) is 3.54. The van der Waals surface area contributed by atoms with Gasteiger partial charge in [-0.3, -0.25) is 4.79 Å². The van der Waals surface area contributed by atoms with Crippen molar-refractivity contribution in [3.05, 3.63) is 66.2 Å². The minimum Gasteiger partial charge on any atom is -0.452 e. The Morgan fingerprint density at radius 3 is 2.43 bits per heavy atom. The van der Waals surface area contributed by atoms with E-state index in [1.54, 1.807) is 11.0 Å². The van der Waals surface area contributed by atoms with E-state index in [9.17, 15) is 9.59 Å². The van der Waals surface area contributed by atoms with Crippen molar-refractivity contribution in [1.29, 1.82) is 0 Å². The van der Waals surface area contributed by atoms with Crippen molar-refractivity contribution >= 4 is 22.8 Å². The molecule has 1 amide bonds. The summed E-state index contributed by atoms with van der Waals surface area (Å²) in [4.78, 5) is 31.6. The Morgan fingerprint density at radius 1 is 0.929 bits per heavy atom. The van der Waals surface area contributed by atoms with Gasteiger partial charge in [-0.1, -0.05) is 48.5 Å². The number of piperidine rings is 1. The summed E-state index contributed by atoms with van der Waals surface area (Å²) in [6.07, 6.45) is 3.17. The van der Waals surface area contributed by atoms with Crippen LogP contribution in [0.3, 0.4) is 0 Å². The van der Waals surface area contributed by atoms with Crippen LogP contribution in [0.2, 0.25) is 0 Å². The number of fused-ring (bicyclic) bond motifs is 1. The van der Waals surface area contributed by atoms with Crippen LogP contribution in [-0.2, 0) is 9.53 Å². The molecule has 1 aliphatic rings. The zero-order chi connectivity index (χ0) is 19.3. The van der Waals surface area contributed by atoms with Crippen molar-refractivity contribution < 1.29 is 14.3 Å². The van der Waals surface area contributed by atoms with Crippen molar-refractivity contribution in [3.63, 3.8) is 0 Å². The Balaban J connectivity index is 1.59. The number of benzene rings is 2. The molecule has 3 aromatic rings. The molecule has 1 saturated heterocycles. The number of ether oxygens (including phenoxy) is 1. The van der Waals surface area contributed by atoms with Gasteiger partial charge in [0, 0.05) is 24.0 Å². The summed E-state index contributed by atoms with van der Waals surface area (Å²) < 4.78 is 5.38. The highest BCUT2D eigenvalue weighted by Crippen LogP contribution is 2.25. The molecule has 142 valence electrons. The lowest BCUT2D eigenvalue weighted by Gasteiger charge is -2.26. The third-order valence-corrected chi connectivity index (χ3v) is 5.04. The molecule has 5 nitrogen and oxygen atoms in total. The quantitative estimate of drug-likeness (QED) is 0.646. The number of aromatic nitrogens is 1. The standard InChI is InChI=1S/C23H22N2O3/c26-22(25-13-7-2-8-14-25)16-28-23(27)19-15-21(17-9-3-1-4-10-17)24-20-12-6-5-11-18(19)20/h1,3-6,9-12,15H,2,7-8,13-14,16H2. The molecule has 0 unspecified atom stereocenters. The van der Waals surface area contributed by atoms with E-state index in [1.807, 2.05) is 54.6 Å². The molecule has 0 bridgehead atoms. The van der Waals surface area contributed by atoms with Crippen LogP contribution in [0.5, 0.6) is 0 Å². The maximum absolute atomic E-state index is 12.8. The summed E-state index contributed by atoms with van der Waals surface area (Å²) in [6.45, 7) is 1.26. The minimum absolute atomic E-state index is 0.130. The van der Waals surface area contributed by atoms with E-state index in [0.29, 0.717) is 11.3 Å². The number of carbonyl (C=O) groups excluding carboxylic acids is 2. The van der Waals surface area contributed by atoms with E-state index in [-0.39, 0.29) is 12.5 Å². The predicted octanol–water partition coefficient (Wildman–Crippen LogP) is 4.07. The first kappa shape index (κ1) is 18.2. The highest BCUT2D eigenvalue weighted by atomic mass is 16.5. The number of amides is 1. The molecule has 4 rings (SSSR count). The Morgan fingerprint density at radius 2 is 1.64 bits per heavy atom. The van der Waals surface area contributed by atoms with E-state index < -0.39 is 5.97 Å². The van der Waals surface area contributed by atoms with Gasteiger partial charge < -0.3 is 9.64 Å².